The zero-order valence-electron chi connectivity index (χ0n) is 14.5. The van der Waals surface area contributed by atoms with Crippen molar-refractivity contribution in [3.8, 4) is 0 Å². The lowest BCUT2D eigenvalue weighted by Gasteiger charge is -2.30. The van der Waals surface area contributed by atoms with E-state index in [2.05, 4.69) is 19.1 Å². The lowest BCUT2D eigenvalue weighted by molar-refractivity contribution is -0.378. The number of rotatable bonds is 6. The minimum absolute atomic E-state index is 0.00000567. The van der Waals surface area contributed by atoms with Crippen molar-refractivity contribution in [2.75, 3.05) is 18.3 Å². The summed E-state index contributed by atoms with van der Waals surface area (Å²) in [5.41, 5.74) is 2.16. The second-order valence-corrected chi connectivity index (χ2v) is 5.87. The van der Waals surface area contributed by atoms with Crippen molar-refractivity contribution in [2.24, 2.45) is 5.92 Å². The van der Waals surface area contributed by atoms with Crippen LogP contribution in [0.4, 0.5) is 5.69 Å². The molecule has 0 aliphatic carbocycles. The van der Waals surface area contributed by atoms with Gasteiger partial charge in [-0.2, -0.15) is 0 Å². The molecule has 1 saturated heterocycles. The number of hydrogen-bond donors (Lipinski definition) is 0. The molecule has 0 bridgehead atoms. The molecule has 2 atom stereocenters. The highest BCUT2D eigenvalue weighted by atomic mass is 16.9. The van der Waals surface area contributed by atoms with Crippen molar-refractivity contribution in [3.63, 3.8) is 0 Å². The Morgan fingerprint density at radius 3 is 2.00 bits per heavy atom. The highest BCUT2D eigenvalue weighted by Gasteiger charge is 2.55. The smallest absolute Gasteiger partial charge is 0.310 e. The maximum atomic E-state index is 6.28. The number of anilines is 1. The van der Waals surface area contributed by atoms with E-state index in [1.165, 1.54) is 5.56 Å². The predicted molar refractivity (Wildman–Crippen MR) is 94.3 cm³/mol. The van der Waals surface area contributed by atoms with E-state index in [1.54, 1.807) is 0 Å². The summed E-state index contributed by atoms with van der Waals surface area (Å²) >= 11 is 0. The molecular formula is C20H25NO3. The Kier molecular flexibility index (Phi) is 5.19. The average Bonchev–Trinajstić information content (AvgIpc) is 2.90. The highest BCUT2D eigenvalue weighted by Crippen LogP contribution is 2.48. The van der Waals surface area contributed by atoms with Crippen LogP contribution in [0, 0.1) is 5.92 Å². The Balaban J connectivity index is 2.04. The molecule has 2 aromatic rings. The Labute approximate surface area is 143 Å². The Morgan fingerprint density at radius 1 is 0.917 bits per heavy atom. The topological polar surface area (TPSA) is 30.9 Å². The van der Waals surface area contributed by atoms with Crippen molar-refractivity contribution < 1.29 is 14.3 Å². The van der Waals surface area contributed by atoms with Crippen LogP contribution in [-0.4, -0.2) is 19.2 Å². The van der Waals surface area contributed by atoms with Crippen LogP contribution in [0.15, 0.2) is 60.7 Å². The zero-order chi connectivity index (χ0) is 17.0. The quantitative estimate of drug-likeness (QED) is 0.729. The molecule has 0 radical (unpaired) electrons. The van der Waals surface area contributed by atoms with Gasteiger partial charge in [-0.1, -0.05) is 55.5 Å². The second-order valence-electron chi connectivity index (χ2n) is 5.87. The van der Waals surface area contributed by atoms with Crippen molar-refractivity contribution in [2.45, 2.75) is 32.8 Å². The van der Waals surface area contributed by atoms with Crippen LogP contribution < -0.4 is 5.06 Å². The maximum absolute atomic E-state index is 6.28. The SMILES string of the molecule is CCOC1(OCC)ON(c2ccccc2)[C@H](c2ccccc2)[C@@H]1C. The van der Waals surface area contributed by atoms with Gasteiger partial charge in [0, 0.05) is 13.2 Å². The van der Waals surface area contributed by atoms with Crippen molar-refractivity contribution in [1.82, 2.24) is 0 Å². The Morgan fingerprint density at radius 2 is 1.46 bits per heavy atom. The summed E-state index contributed by atoms with van der Waals surface area (Å²) in [6, 6.07) is 20.5. The Bertz CT molecular complexity index is 626. The molecule has 0 amide bonds. The number of hydrogen-bond acceptors (Lipinski definition) is 4. The molecule has 24 heavy (non-hydrogen) atoms. The molecule has 1 aliphatic heterocycles. The predicted octanol–water partition coefficient (Wildman–Crippen LogP) is 4.54. The molecule has 0 saturated carbocycles. The largest absolute Gasteiger partial charge is 0.326 e. The molecule has 3 rings (SSSR count). The van der Waals surface area contributed by atoms with Gasteiger partial charge >= 0.3 is 5.97 Å². The van der Waals surface area contributed by atoms with Gasteiger partial charge in [-0.25, -0.2) is 9.90 Å². The minimum Gasteiger partial charge on any atom is -0.326 e. The summed E-state index contributed by atoms with van der Waals surface area (Å²) in [6.07, 6.45) is 0. The first-order valence-electron chi connectivity index (χ1n) is 8.58. The average molecular weight is 327 g/mol. The monoisotopic (exact) mass is 327 g/mol. The molecule has 1 fully saturated rings. The summed E-state index contributed by atoms with van der Waals surface area (Å²) in [7, 11) is 0. The van der Waals surface area contributed by atoms with Crippen molar-refractivity contribution in [3.05, 3.63) is 66.2 Å². The van der Waals surface area contributed by atoms with Crippen LogP contribution in [0.5, 0.6) is 0 Å². The van der Waals surface area contributed by atoms with Gasteiger partial charge in [0.05, 0.1) is 17.6 Å². The van der Waals surface area contributed by atoms with Gasteiger partial charge < -0.3 is 9.47 Å². The van der Waals surface area contributed by atoms with E-state index in [0.717, 1.165) is 5.69 Å². The van der Waals surface area contributed by atoms with Gasteiger partial charge in [-0.05, 0) is 31.5 Å². The summed E-state index contributed by atoms with van der Waals surface area (Å²) < 4.78 is 11.9. The number of nitrogens with zero attached hydrogens (tertiary/aromatic N) is 1. The lowest BCUT2D eigenvalue weighted by atomic mass is 9.93. The lowest BCUT2D eigenvalue weighted by Crippen LogP contribution is -2.42. The van der Waals surface area contributed by atoms with E-state index in [9.17, 15) is 0 Å². The number of hydroxylamine groups is 1. The number of para-hydroxylation sites is 1. The molecule has 4 nitrogen and oxygen atoms in total. The molecule has 1 heterocycles. The van der Waals surface area contributed by atoms with E-state index in [4.69, 9.17) is 14.3 Å². The molecule has 0 spiro atoms. The third kappa shape index (κ3) is 3.05. The van der Waals surface area contributed by atoms with E-state index in [-0.39, 0.29) is 12.0 Å². The van der Waals surface area contributed by atoms with Crippen LogP contribution in [-0.2, 0) is 14.3 Å². The number of ether oxygens (including phenoxy) is 2. The fraction of sp³-hybridized carbons (Fsp3) is 0.400. The normalized spacial score (nSPS) is 22.7. The van der Waals surface area contributed by atoms with Crippen LogP contribution in [0.3, 0.4) is 0 Å². The number of benzene rings is 2. The van der Waals surface area contributed by atoms with Gasteiger partial charge in [-0.15, -0.1) is 0 Å². The van der Waals surface area contributed by atoms with Crippen LogP contribution in [0.1, 0.15) is 32.4 Å². The van der Waals surface area contributed by atoms with Crippen LogP contribution in [0.2, 0.25) is 0 Å². The van der Waals surface area contributed by atoms with Crippen LogP contribution in [0.25, 0.3) is 0 Å². The first kappa shape index (κ1) is 17.0. The van der Waals surface area contributed by atoms with E-state index >= 15 is 0 Å². The van der Waals surface area contributed by atoms with Gasteiger partial charge in [0.1, 0.15) is 0 Å². The fourth-order valence-corrected chi connectivity index (χ4v) is 3.30. The van der Waals surface area contributed by atoms with Gasteiger partial charge in [0.25, 0.3) is 0 Å². The molecule has 1 aliphatic rings. The van der Waals surface area contributed by atoms with E-state index in [0.29, 0.717) is 13.2 Å². The minimum atomic E-state index is -1.07. The third-order valence-electron chi connectivity index (χ3n) is 4.35. The molecule has 4 heteroatoms. The zero-order valence-corrected chi connectivity index (χ0v) is 14.5. The van der Waals surface area contributed by atoms with E-state index in [1.807, 2.05) is 67.4 Å². The van der Waals surface area contributed by atoms with Gasteiger partial charge in [0.2, 0.25) is 0 Å². The standard InChI is InChI=1S/C20H25NO3/c1-4-22-20(23-5-2)16(3)19(17-12-8-6-9-13-17)21(24-20)18-14-10-7-11-15-18/h6-16,19H,4-5H2,1-3H3/t16-,19-/m0/s1. The fourth-order valence-electron chi connectivity index (χ4n) is 3.30. The molecule has 0 N–H and O–H groups in total. The molecule has 128 valence electrons. The maximum Gasteiger partial charge on any atom is 0.310 e. The molecule has 0 aromatic heterocycles. The highest BCUT2D eigenvalue weighted by molar-refractivity contribution is 5.47. The third-order valence-corrected chi connectivity index (χ3v) is 4.35. The summed E-state index contributed by atoms with van der Waals surface area (Å²) in [6.45, 7) is 7.08. The second kappa shape index (κ2) is 7.34. The first-order chi connectivity index (χ1) is 11.7. The molecule has 0 unspecified atom stereocenters. The van der Waals surface area contributed by atoms with Crippen LogP contribution >= 0.6 is 0 Å². The van der Waals surface area contributed by atoms with E-state index < -0.39 is 5.97 Å². The van der Waals surface area contributed by atoms with Crippen molar-refractivity contribution in [1.29, 1.82) is 0 Å². The first-order valence-corrected chi connectivity index (χ1v) is 8.58. The van der Waals surface area contributed by atoms with Gasteiger partial charge in [0.15, 0.2) is 0 Å². The summed E-state index contributed by atoms with van der Waals surface area (Å²) in [5.74, 6) is -1.07. The summed E-state index contributed by atoms with van der Waals surface area (Å²) in [4.78, 5) is 6.28. The Hall–Kier alpha value is -1.88. The molecular weight excluding hydrogens is 302 g/mol. The summed E-state index contributed by atoms with van der Waals surface area (Å²) in [5, 5.41) is 1.92. The van der Waals surface area contributed by atoms with Gasteiger partial charge in [-0.3, -0.25) is 0 Å². The van der Waals surface area contributed by atoms with Crippen molar-refractivity contribution >= 4 is 5.69 Å². The molecule has 2 aromatic carbocycles.